The van der Waals surface area contributed by atoms with Gasteiger partial charge in [-0.2, -0.15) is 0 Å². The summed E-state index contributed by atoms with van der Waals surface area (Å²) in [5.74, 6) is 0. The van der Waals surface area contributed by atoms with E-state index in [-0.39, 0.29) is 0 Å². The lowest BCUT2D eigenvalue weighted by atomic mass is 10.2. The summed E-state index contributed by atoms with van der Waals surface area (Å²) < 4.78 is 11.5. The van der Waals surface area contributed by atoms with Crippen LogP contribution >= 0.6 is 0 Å². The molecule has 0 atom stereocenters. The van der Waals surface area contributed by atoms with Crippen molar-refractivity contribution in [3.63, 3.8) is 0 Å². The first-order valence-corrected chi connectivity index (χ1v) is 3.42. The molecular weight excluding hydrogens is 139 g/mol. The van der Waals surface area contributed by atoms with Crippen molar-refractivity contribution in [3.05, 3.63) is 54.4 Å². The quantitative estimate of drug-likeness (QED) is 0.565. The Morgan fingerprint density at radius 3 is 2.36 bits per heavy atom. The topological polar surface area (TPSA) is 0 Å². The molecule has 0 aliphatic carbocycles. The summed E-state index contributed by atoms with van der Waals surface area (Å²) in [5, 5.41) is 0. The summed E-state index contributed by atoms with van der Waals surface area (Å²) in [6.45, 7) is 0. The Labute approximate surface area is 65.7 Å². The molecule has 0 aliphatic rings. The minimum absolute atomic E-state index is 0.513. The number of hydrogen-bond acceptors (Lipinski definition) is 0. The van der Waals surface area contributed by atoms with Gasteiger partial charge in [-0.3, -0.25) is 0 Å². The highest BCUT2D eigenvalue weighted by atomic mass is 19.1. The molecule has 1 aromatic rings. The summed E-state index contributed by atoms with van der Waals surface area (Å²) in [6, 6.07) is 9.76. The van der Waals surface area contributed by atoms with Crippen LogP contribution in [0.15, 0.2) is 48.8 Å². The molecule has 1 heteroatoms. The number of rotatable bonds is 2. The lowest BCUT2D eigenvalue weighted by Gasteiger charge is -1.87. The van der Waals surface area contributed by atoms with Gasteiger partial charge in [0.1, 0.15) is 0 Å². The van der Waals surface area contributed by atoms with Crippen LogP contribution in [0.2, 0.25) is 0 Å². The first kappa shape index (κ1) is 7.73. The van der Waals surface area contributed by atoms with Gasteiger partial charge in [-0.05, 0) is 11.6 Å². The second-order valence-electron chi connectivity index (χ2n) is 2.09. The predicted octanol–water partition coefficient (Wildman–Crippen LogP) is 3.18. The molecule has 0 nitrogen and oxygen atoms in total. The monoisotopic (exact) mass is 148 g/mol. The average Bonchev–Trinajstić information content (AvgIpc) is 2.07. The molecule has 0 N–H and O–H groups in total. The Hall–Kier alpha value is -1.37. The van der Waals surface area contributed by atoms with Gasteiger partial charge in [0.05, 0.1) is 6.33 Å². The maximum atomic E-state index is 11.5. The van der Waals surface area contributed by atoms with Gasteiger partial charge in [0.2, 0.25) is 0 Å². The van der Waals surface area contributed by atoms with E-state index in [1.165, 1.54) is 6.08 Å². The van der Waals surface area contributed by atoms with E-state index in [4.69, 9.17) is 0 Å². The standard InChI is InChI=1S/C10H9F/c11-9-5-4-8-10-6-2-1-3-7-10/h1-9H/b8-4+,9-5?. The van der Waals surface area contributed by atoms with Crippen LogP contribution in [-0.4, -0.2) is 0 Å². The highest BCUT2D eigenvalue weighted by Crippen LogP contribution is 2.00. The first-order chi connectivity index (χ1) is 5.43. The molecule has 0 bridgehead atoms. The molecule has 0 amide bonds. The van der Waals surface area contributed by atoms with Crippen LogP contribution in [0.3, 0.4) is 0 Å². The zero-order chi connectivity index (χ0) is 7.94. The molecular formula is C10H9F. The third-order valence-corrected chi connectivity index (χ3v) is 1.27. The van der Waals surface area contributed by atoms with Crippen LogP contribution in [0.25, 0.3) is 6.08 Å². The first-order valence-electron chi connectivity index (χ1n) is 3.42. The van der Waals surface area contributed by atoms with E-state index >= 15 is 0 Å². The highest BCUT2D eigenvalue weighted by Gasteiger charge is 1.78. The van der Waals surface area contributed by atoms with Crippen molar-refractivity contribution in [2.24, 2.45) is 0 Å². The van der Waals surface area contributed by atoms with Crippen LogP contribution in [-0.2, 0) is 0 Å². The maximum Gasteiger partial charge on any atom is 0.0866 e. The van der Waals surface area contributed by atoms with Gasteiger partial charge in [0.25, 0.3) is 0 Å². The summed E-state index contributed by atoms with van der Waals surface area (Å²) >= 11 is 0. The molecule has 0 aromatic heterocycles. The third kappa shape index (κ3) is 2.80. The number of benzene rings is 1. The fourth-order valence-electron chi connectivity index (χ4n) is 0.773. The lowest BCUT2D eigenvalue weighted by Crippen LogP contribution is -1.66. The van der Waals surface area contributed by atoms with E-state index in [9.17, 15) is 4.39 Å². The SMILES string of the molecule is FC=C/C=C/c1ccccc1. The van der Waals surface area contributed by atoms with Crippen molar-refractivity contribution in [2.75, 3.05) is 0 Å². The van der Waals surface area contributed by atoms with Crippen LogP contribution in [0, 0.1) is 0 Å². The van der Waals surface area contributed by atoms with Crippen molar-refractivity contribution in [1.82, 2.24) is 0 Å². The van der Waals surface area contributed by atoms with Crippen molar-refractivity contribution in [3.8, 4) is 0 Å². The highest BCUT2D eigenvalue weighted by molar-refractivity contribution is 5.50. The molecule has 11 heavy (non-hydrogen) atoms. The zero-order valence-corrected chi connectivity index (χ0v) is 6.07. The van der Waals surface area contributed by atoms with E-state index in [0.29, 0.717) is 6.33 Å². The van der Waals surface area contributed by atoms with Gasteiger partial charge < -0.3 is 0 Å². The van der Waals surface area contributed by atoms with Gasteiger partial charge in [-0.25, -0.2) is 4.39 Å². The lowest BCUT2D eigenvalue weighted by molar-refractivity contribution is 0.721. The molecule has 56 valence electrons. The molecule has 1 rings (SSSR count). The average molecular weight is 148 g/mol. The van der Waals surface area contributed by atoms with Crippen LogP contribution in [0.1, 0.15) is 5.56 Å². The van der Waals surface area contributed by atoms with E-state index in [0.717, 1.165) is 5.56 Å². The molecule has 0 aliphatic heterocycles. The largest absolute Gasteiger partial charge is 0.216 e. The Morgan fingerprint density at radius 1 is 1.00 bits per heavy atom. The molecule has 0 unspecified atom stereocenters. The second kappa shape index (κ2) is 4.45. The summed E-state index contributed by atoms with van der Waals surface area (Å²) in [7, 11) is 0. The predicted molar refractivity (Wildman–Crippen MR) is 45.7 cm³/mol. The Kier molecular flexibility index (Phi) is 3.13. The van der Waals surface area contributed by atoms with Gasteiger partial charge in [0, 0.05) is 0 Å². The number of halogens is 1. The van der Waals surface area contributed by atoms with E-state index in [2.05, 4.69) is 0 Å². The van der Waals surface area contributed by atoms with Crippen LogP contribution in [0.4, 0.5) is 4.39 Å². The van der Waals surface area contributed by atoms with Gasteiger partial charge in [0.15, 0.2) is 0 Å². The molecule has 0 saturated heterocycles. The van der Waals surface area contributed by atoms with Gasteiger partial charge in [-0.1, -0.05) is 42.5 Å². The van der Waals surface area contributed by atoms with Crippen molar-refractivity contribution in [2.45, 2.75) is 0 Å². The van der Waals surface area contributed by atoms with E-state index < -0.39 is 0 Å². The molecule has 0 spiro atoms. The molecule has 0 fully saturated rings. The van der Waals surface area contributed by atoms with Crippen LogP contribution < -0.4 is 0 Å². The smallest absolute Gasteiger partial charge is 0.0866 e. The normalized spacial score (nSPS) is 11.4. The number of allylic oxidation sites excluding steroid dienone is 2. The van der Waals surface area contributed by atoms with Crippen LogP contribution in [0.5, 0.6) is 0 Å². The zero-order valence-electron chi connectivity index (χ0n) is 6.07. The molecule has 0 heterocycles. The fraction of sp³-hybridized carbons (Fsp3) is 0. The minimum Gasteiger partial charge on any atom is -0.216 e. The van der Waals surface area contributed by atoms with Crippen molar-refractivity contribution in [1.29, 1.82) is 0 Å². The summed E-state index contributed by atoms with van der Waals surface area (Å²) in [6.07, 6.45) is 5.37. The third-order valence-electron chi connectivity index (χ3n) is 1.27. The van der Waals surface area contributed by atoms with Crippen molar-refractivity contribution >= 4 is 6.08 Å². The minimum atomic E-state index is 0.513. The molecule has 0 radical (unpaired) electrons. The number of hydrogen-bond donors (Lipinski definition) is 0. The van der Waals surface area contributed by atoms with Gasteiger partial charge >= 0.3 is 0 Å². The fourth-order valence-corrected chi connectivity index (χ4v) is 0.773. The van der Waals surface area contributed by atoms with E-state index in [1.807, 2.05) is 36.4 Å². The maximum absolute atomic E-state index is 11.5. The van der Waals surface area contributed by atoms with E-state index in [1.54, 1.807) is 6.08 Å². The Bertz CT molecular complexity index is 247. The molecule has 0 saturated carbocycles. The van der Waals surface area contributed by atoms with Crippen molar-refractivity contribution < 1.29 is 4.39 Å². The van der Waals surface area contributed by atoms with Gasteiger partial charge in [-0.15, -0.1) is 0 Å². The summed E-state index contributed by atoms with van der Waals surface area (Å²) in [5.41, 5.74) is 1.07. The second-order valence-corrected chi connectivity index (χ2v) is 2.09. The molecule has 1 aromatic carbocycles. The summed E-state index contributed by atoms with van der Waals surface area (Å²) in [4.78, 5) is 0. The Morgan fingerprint density at radius 2 is 1.73 bits per heavy atom. The Balaban J connectivity index is 2.64.